The molecule has 0 fully saturated rings. The molecule has 1 atom stereocenters. The Morgan fingerprint density at radius 2 is 2.19 bits per heavy atom. The predicted octanol–water partition coefficient (Wildman–Crippen LogP) is -0.0984. The van der Waals surface area contributed by atoms with E-state index in [4.69, 9.17) is 10.5 Å². The molecule has 0 aromatic carbocycles. The van der Waals surface area contributed by atoms with Crippen LogP contribution in [0.2, 0.25) is 0 Å². The molecule has 2 heterocycles. The third-order valence-electron chi connectivity index (χ3n) is 3.06. The smallest absolute Gasteiger partial charge is 0.360 e. The number of amides is 1. The number of hydrogen-bond donors (Lipinski definition) is 1. The first-order chi connectivity index (χ1) is 9.99. The summed E-state index contributed by atoms with van der Waals surface area (Å²) in [6.07, 6.45) is 3.66. The summed E-state index contributed by atoms with van der Waals surface area (Å²) >= 11 is 0. The molecule has 0 spiro atoms. The van der Waals surface area contributed by atoms with E-state index in [1.54, 1.807) is 31.0 Å². The van der Waals surface area contributed by atoms with Gasteiger partial charge in [0.15, 0.2) is 5.69 Å². The number of aryl methyl sites for hydroxylation is 1. The average Bonchev–Trinajstić information content (AvgIpc) is 3.04. The van der Waals surface area contributed by atoms with Gasteiger partial charge in [0.2, 0.25) is 5.91 Å². The van der Waals surface area contributed by atoms with Gasteiger partial charge in [0, 0.05) is 18.8 Å². The van der Waals surface area contributed by atoms with Gasteiger partial charge in [-0.15, -0.1) is 5.10 Å². The molecule has 112 valence electrons. The number of esters is 1. The van der Waals surface area contributed by atoms with Crippen LogP contribution in [0.1, 0.15) is 29.9 Å². The number of aromatic nitrogens is 5. The van der Waals surface area contributed by atoms with Gasteiger partial charge in [0.05, 0.1) is 13.3 Å². The van der Waals surface area contributed by atoms with E-state index < -0.39 is 17.9 Å². The molecule has 2 aromatic heterocycles. The zero-order valence-electron chi connectivity index (χ0n) is 12.0. The largest absolute Gasteiger partial charge is 0.464 e. The Bertz CT molecular complexity index is 674. The zero-order chi connectivity index (χ0) is 15.6. The average molecular weight is 292 g/mol. The number of primary amides is 1. The van der Waals surface area contributed by atoms with Crippen molar-refractivity contribution in [2.45, 2.75) is 19.4 Å². The molecule has 9 nitrogen and oxygen atoms in total. The first-order valence-electron chi connectivity index (χ1n) is 6.31. The molecule has 0 aliphatic rings. The summed E-state index contributed by atoms with van der Waals surface area (Å²) < 4.78 is 7.60. The van der Waals surface area contributed by atoms with Crippen LogP contribution in [-0.4, -0.2) is 43.8 Å². The zero-order valence-corrected chi connectivity index (χ0v) is 12.0. The van der Waals surface area contributed by atoms with Gasteiger partial charge in [-0.05, 0) is 6.42 Å². The SMILES string of the molecule is CCC(C(N)=O)n1nnc(C(=O)OC)c1-c1cnn(C)c1. The lowest BCUT2D eigenvalue weighted by Gasteiger charge is -2.13. The van der Waals surface area contributed by atoms with Crippen LogP contribution in [0.3, 0.4) is 0 Å². The molecule has 0 saturated carbocycles. The van der Waals surface area contributed by atoms with E-state index in [0.29, 0.717) is 17.7 Å². The molecule has 2 rings (SSSR count). The van der Waals surface area contributed by atoms with Crippen molar-refractivity contribution in [1.29, 1.82) is 0 Å². The van der Waals surface area contributed by atoms with Crippen molar-refractivity contribution >= 4 is 11.9 Å². The maximum Gasteiger partial charge on any atom is 0.360 e. The molecule has 0 saturated heterocycles. The Hall–Kier alpha value is -2.71. The van der Waals surface area contributed by atoms with Crippen molar-refractivity contribution in [3.8, 4) is 11.3 Å². The molecule has 0 aliphatic heterocycles. The summed E-state index contributed by atoms with van der Waals surface area (Å²) in [4.78, 5) is 23.4. The molecular weight excluding hydrogens is 276 g/mol. The number of methoxy groups -OCH3 is 1. The number of nitrogens with two attached hydrogens (primary N) is 1. The number of hydrogen-bond acceptors (Lipinski definition) is 6. The lowest BCUT2D eigenvalue weighted by atomic mass is 10.1. The Kier molecular flexibility index (Phi) is 4.01. The number of ether oxygens (including phenoxy) is 1. The maximum absolute atomic E-state index is 11.8. The standard InChI is InChI=1S/C12H16N6O3/c1-4-8(11(13)19)18-10(7-5-14-17(2)6-7)9(15-16-18)12(20)21-3/h5-6,8H,4H2,1-3H3,(H2,13,19). The second-order valence-corrected chi connectivity index (χ2v) is 4.45. The number of rotatable bonds is 5. The fraction of sp³-hybridized carbons (Fsp3) is 0.417. The Morgan fingerprint density at radius 1 is 1.48 bits per heavy atom. The molecule has 2 N–H and O–H groups in total. The molecule has 9 heteroatoms. The second-order valence-electron chi connectivity index (χ2n) is 4.45. The topological polar surface area (TPSA) is 118 Å². The first kappa shape index (κ1) is 14.7. The molecule has 0 bridgehead atoms. The highest BCUT2D eigenvalue weighted by Crippen LogP contribution is 2.26. The quantitative estimate of drug-likeness (QED) is 0.769. The summed E-state index contributed by atoms with van der Waals surface area (Å²) in [6, 6.07) is -0.703. The van der Waals surface area contributed by atoms with Gasteiger partial charge < -0.3 is 10.5 Å². The highest BCUT2D eigenvalue weighted by Gasteiger charge is 2.28. The van der Waals surface area contributed by atoms with Gasteiger partial charge in [0.25, 0.3) is 0 Å². The van der Waals surface area contributed by atoms with Crippen LogP contribution in [0.4, 0.5) is 0 Å². The molecule has 0 radical (unpaired) electrons. The summed E-state index contributed by atoms with van der Waals surface area (Å²) in [5.41, 5.74) is 6.36. The summed E-state index contributed by atoms with van der Waals surface area (Å²) in [5.74, 6) is -1.19. The van der Waals surface area contributed by atoms with Gasteiger partial charge in [-0.1, -0.05) is 12.1 Å². The van der Waals surface area contributed by atoms with Gasteiger partial charge in [0.1, 0.15) is 11.7 Å². The Morgan fingerprint density at radius 3 is 2.67 bits per heavy atom. The normalized spacial score (nSPS) is 12.1. The van der Waals surface area contributed by atoms with Crippen LogP contribution in [0.15, 0.2) is 12.4 Å². The van der Waals surface area contributed by atoms with E-state index in [0.717, 1.165) is 0 Å². The molecule has 21 heavy (non-hydrogen) atoms. The minimum Gasteiger partial charge on any atom is -0.464 e. The highest BCUT2D eigenvalue weighted by atomic mass is 16.5. The fourth-order valence-electron chi connectivity index (χ4n) is 2.05. The number of nitrogens with zero attached hydrogens (tertiary/aromatic N) is 5. The third kappa shape index (κ3) is 2.62. The minimum atomic E-state index is -0.703. The van der Waals surface area contributed by atoms with E-state index in [1.165, 1.54) is 11.8 Å². The van der Waals surface area contributed by atoms with Crippen molar-refractivity contribution in [3.63, 3.8) is 0 Å². The lowest BCUT2D eigenvalue weighted by molar-refractivity contribution is -0.121. The van der Waals surface area contributed by atoms with Crippen LogP contribution in [0.25, 0.3) is 11.3 Å². The predicted molar refractivity (Wildman–Crippen MR) is 72.1 cm³/mol. The van der Waals surface area contributed by atoms with E-state index >= 15 is 0 Å². The van der Waals surface area contributed by atoms with Crippen LogP contribution in [-0.2, 0) is 16.6 Å². The van der Waals surface area contributed by atoms with E-state index in [1.807, 2.05) is 0 Å². The Balaban J connectivity index is 2.64. The van der Waals surface area contributed by atoms with Gasteiger partial charge in [-0.25, -0.2) is 9.48 Å². The van der Waals surface area contributed by atoms with Crippen LogP contribution >= 0.6 is 0 Å². The molecule has 2 aromatic rings. The molecule has 1 unspecified atom stereocenters. The van der Waals surface area contributed by atoms with E-state index in [-0.39, 0.29) is 5.69 Å². The monoisotopic (exact) mass is 292 g/mol. The summed E-state index contributed by atoms with van der Waals surface area (Å²) in [7, 11) is 2.99. The van der Waals surface area contributed by atoms with Crippen molar-refractivity contribution in [2.24, 2.45) is 12.8 Å². The van der Waals surface area contributed by atoms with Crippen molar-refractivity contribution in [3.05, 3.63) is 18.1 Å². The van der Waals surface area contributed by atoms with Gasteiger partial charge in [-0.3, -0.25) is 9.48 Å². The van der Waals surface area contributed by atoms with Crippen molar-refractivity contribution in [2.75, 3.05) is 7.11 Å². The number of carbonyl (C=O) groups excluding carboxylic acids is 2. The lowest BCUT2D eigenvalue weighted by Crippen LogP contribution is -2.27. The third-order valence-corrected chi connectivity index (χ3v) is 3.06. The van der Waals surface area contributed by atoms with Crippen molar-refractivity contribution < 1.29 is 14.3 Å². The van der Waals surface area contributed by atoms with Gasteiger partial charge >= 0.3 is 5.97 Å². The summed E-state index contributed by atoms with van der Waals surface area (Å²) in [5, 5.41) is 11.8. The first-order valence-corrected chi connectivity index (χ1v) is 6.31. The molecule has 1 amide bonds. The Labute approximate surface area is 120 Å². The van der Waals surface area contributed by atoms with Gasteiger partial charge in [-0.2, -0.15) is 5.10 Å². The second kappa shape index (κ2) is 5.73. The van der Waals surface area contributed by atoms with Crippen molar-refractivity contribution in [1.82, 2.24) is 24.8 Å². The van der Waals surface area contributed by atoms with Crippen LogP contribution < -0.4 is 5.73 Å². The maximum atomic E-state index is 11.8. The fourth-order valence-corrected chi connectivity index (χ4v) is 2.05. The van der Waals surface area contributed by atoms with E-state index in [2.05, 4.69) is 15.4 Å². The summed E-state index contributed by atoms with van der Waals surface area (Å²) in [6.45, 7) is 1.79. The molecular formula is C12H16N6O3. The number of carbonyl (C=O) groups is 2. The van der Waals surface area contributed by atoms with Crippen LogP contribution in [0.5, 0.6) is 0 Å². The highest BCUT2D eigenvalue weighted by molar-refractivity contribution is 5.94. The molecule has 0 aliphatic carbocycles. The minimum absolute atomic E-state index is 0.0187. The van der Waals surface area contributed by atoms with E-state index in [9.17, 15) is 9.59 Å². The van der Waals surface area contributed by atoms with Crippen LogP contribution in [0, 0.1) is 0 Å².